The molecule has 0 radical (unpaired) electrons. The molecule has 1 aromatic rings. The number of anilines is 1. The van der Waals surface area contributed by atoms with E-state index < -0.39 is 10.0 Å². The molecule has 0 aliphatic carbocycles. The van der Waals surface area contributed by atoms with Gasteiger partial charge in [-0.05, 0) is 44.0 Å². The van der Waals surface area contributed by atoms with Gasteiger partial charge in [0.05, 0.1) is 4.90 Å². The molecule has 0 spiro atoms. The number of amides is 1. The second-order valence-electron chi connectivity index (χ2n) is 5.03. The highest BCUT2D eigenvalue weighted by Gasteiger charge is 2.13. The van der Waals surface area contributed by atoms with Crippen LogP contribution in [0, 0.1) is 6.92 Å². The van der Waals surface area contributed by atoms with E-state index in [-0.39, 0.29) is 10.8 Å². The Labute approximate surface area is 126 Å². The molecular formula is C14H23N3O3S. The summed E-state index contributed by atoms with van der Waals surface area (Å²) in [7, 11) is -3.78. The van der Waals surface area contributed by atoms with Crippen LogP contribution in [0.5, 0.6) is 0 Å². The molecular weight excluding hydrogens is 290 g/mol. The molecule has 0 saturated carbocycles. The number of primary sulfonamides is 1. The summed E-state index contributed by atoms with van der Waals surface area (Å²) in [6.07, 6.45) is 4.14. The van der Waals surface area contributed by atoms with Crippen molar-refractivity contribution in [1.82, 2.24) is 0 Å². The average Bonchev–Trinajstić information content (AvgIpc) is 2.39. The first-order chi connectivity index (χ1) is 9.84. The van der Waals surface area contributed by atoms with Crippen molar-refractivity contribution in [3.8, 4) is 0 Å². The van der Waals surface area contributed by atoms with Gasteiger partial charge in [0.25, 0.3) is 0 Å². The molecule has 0 heterocycles. The van der Waals surface area contributed by atoms with E-state index in [1.54, 1.807) is 19.1 Å². The van der Waals surface area contributed by atoms with E-state index >= 15 is 0 Å². The first-order valence-electron chi connectivity index (χ1n) is 6.98. The maximum Gasteiger partial charge on any atom is 0.238 e. The van der Waals surface area contributed by atoms with Crippen LogP contribution in [-0.4, -0.2) is 20.9 Å². The molecule has 6 nitrogen and oxygen atoms in total. The number of aryl methyl sites for hydroxylation is 1. The Morgan fingerprint density at radius 3 is 2.48 bits per heavy atom. The van der Waals surface area contributed by atoms with Crippen LogP contribution in [-0.2, 0) is 14.8 Å². The summed E-state index contributed by atoms with van der Waals surface area (Å²) in [5, 5.41) is 7.82. The standard InChI is InChI=1S/C14H23N3O3S/c1-11-7-8-12(10-13(11)21(16,19)20)17-14(18)6-4-2-3-5-9-15/h7-8,10H,2-6,9,15H2,1H3,(H,17,18)(H2,16,19,20). The Balaban J connectivity index is 2.57. The Kier molecular flexibility index (Phi) is 6.80. The van der Waals surface area contributed by atoms with Crippen LogP contribution in [0.4, 0.5) is 5.69 Å². The van der Waals surface area contributed by atoms with Crippen LogP contribution in [0.2, 0.25) is 0 Å². The smallest absolute Gasteiger partial charge is 0.238 e. The number of carbonyl (C=O) groups excluding carboxylic acids is 1. The highest BCUT2D eigenvalue weighted by Crippen LogP contribution is 2.19. The maximum atomic E-state index is 11.8. The molecule has 21 heavy (non-hydrogen) atoms. The van der Waals surface area contributed by atoms with Gasteiger partial charge in [-0.3, -0.25) is 4.79 Å². The summed E-state index contributed by atoms with van der Waals surface area (Å²) in [6, 6.07) is 4.67. The molecule has 1 rings (SSSR count). The fraction of sp³-hybridized carbons (Fsp3) is 0.500. The number of hydrogen-bond donors (Lipinski definition) is 3. The Bertz CT molecular complexity index is 585. The van der Waals surface area contributed by atoms with Gasteiger partial charge in [0.15, 0.2) is 0 Å². The summed E-state index contributed by atoms with van der Waals surface area (Å²) in [5.74, 6) is -0.132. The molecule has 7 heteroatoms. The molecule has 0 aliphatic rings. The van der Waals surface area contributed by atoms with Gasteiger partial charge in [-0.2, -0.15) is 0 Å². The minimum absolute atomic E-state index is 0.0308. The predicted octanol–water partition coefficient (Wildman–Crippen LogP) is 1.49. The molecule has 0 atom stereocenters. The minimum atomic E-state index is -3.78. The zero-order chi connectivity index (χ0) is 15.9. The molecule has 0 saturated heterocycles. The summed E-state index contributed by atoms with van der Waals surface area (Å²) in [6.45, 7) is 2.33. The van der Waals surface area contributed by atoms with E-state index in [9.17, 15) is 13.2 Å². The second kappa shape index (κ2) is 8.11. The fourth-order valence-electron chi connectivity index (χ4n) is 1.99. The van der Waals surface area contributed by atoms with Crippen LogP contribution in [0.15, 0.2) is 23.1 Å². The van der Waals surface area contributed by atoms with Crippen molar-refractivity contribution in [1.29, 1.82) is 0 Å². The Hall–Kier alpha value is -1.44. The van der Waals surface area contributed by atoms with Gasteiger partial charge in [0.2, 0.25) is 15.9 Å². The van der Waals surface area contributed by atoms with Gasteiger partial charge in [-0.25, -0.2) is 13.6 Å². The monoisotopic (exact) mass is 313 g/mol. The van der Waals surface area contributed by atoms with Crippen LogP contribution in [0.1, 0.15) is 37.7 Å². The van der Waals surface area contributed by atoms with Gasteiger partial charge >= 0.3 is 0 Å². The lowest BCUT2D eigenvalue weighted by atomic mass is 10.1. The van der Waals surface area contributed by atoms with Gasteiger partial charge < -0.3 is 11.1 Å². The normalized spacial score (nSPS) is 11.4. The van der Waals surface area contributed by atoms with Crippen molar-refractivity contribution >= 4 is 21.6 Å². The number of hydrogen-bond acceptors (Lipinski definition) is 4. The average molecular weight is 313 g/mol. The third-order valence-corrected chi connectivity index (χ3v) is 4.19. The van der Waals surface area contributed by atoms with E-state index in [1.807, 2.05) is 0 Å². The minimum Gasteiger partial charge on any atom is -0.330 e. The quantitative estimate of drug-likeness (QED) is 0.630. The zero-order valence-electron chi connectivity index (χ0n) is 12.3. The lowest BCUT2D eigenvalue weighted by Crippen LogP contribution is -2.15. The summed E-state index contributed by atoms with van der Waals surface area (Å²) < 4.78 is 22.8. The number of carbonyl (C=O) groups is 1. The molecule has 0 unspecified atom stereocenters. The van der Waals surface area contributed by atoms with Crippen molar-refractivity contribution < 1.29 is 13.2 Å². The largest absolute Gasteiger partial charge is 0.330 e. The van der Waals surface area contributed by atoms with E-state index in [2.05, 4.69) is 5.32 Å². The summed E-state index contributed by atoms with van der Waals surface area (Å²) in [4.78, 5) is 11.8. The first kappa shape index (κ1) is 17.6. The van der Waals surface area contributed by atoms with E-state index in [4.69, 9.17) is 10.9 Å². The van der Waals surface area contributed by atoms with Crippen molar-refractivity contribution in [2.45, 2.75) is 43.9 Å². The summed E-state index contributed by atoms with van der Waals surface area (Å²) in [5.41, 5.74) is 6.39. The summed E-state index contributed by atoms with van der Waals surface area (Å²) >= 11 is 0. The fourth-order valence-corrected chi connectivity index (χ4v) is 2.80. The predicted molar refractivity (Wildman–Crippen MR) is 83.3 cm³/mol. The third kappa shape index (κ3) is 6.24. The number of unbranched alkanes of at least 4 members (excludes halogenated alkanes) is 3. The van der Waals surface area contributed by atoms with Crippen LogP contribution in [0.3, 0.4) is 0 Å². The number of rotatable bonds is 8. The lowest BCUT2D eigenvalue weighted by molar-refractivity contribution is -0.116. The Morgan fingerprint density at radius 1 is 1.19 bits per heavy atom. The van der Waals surface area contributed by atoms with Gasteiger partial charge in [0.1, 0.15) is 0 Å². The van der Waals surface area contributed by atoms with Crippen molar-refractivity contribution in [3.05, 3.63) is 23.8 Å². The third-order valence-electron chi connectivity index (χ3n) is 3.14. The lowest BCUT2D eigenvalue weighted by Gasteiger charge is -2.09. The van der Waals surface area contributed by atoms with Gasteiger partial charge in [-0.1, -0.05) is 18.9 Å². The molecule has 0 fully saturated rings. The Morgan fingerprint density at radius 2 is 1.86 bits per heavy atom. The molecule has 0 bridgehead atoms. The first-order valence-corrected chi connectivity index (χ1v) is 8.52. The van der Waals surface area contributed by atoms with Crippen molar-refractivity contribution in [2.75, 3.05) is 11.9 Å². The number of benzene rings is 1. The van der Waals surface area contributed by atoms with Gasteiger partial charge in [-0.15, -0.1) is 0 Å². The van der Waals surface area contributed by atoms with E-state index in [1.165, 1.54) is 6.07 Å². The van der Waals surface area contributed by atoms with E-state index in [0.29, 0.717) is 24.2 Å². The maximum absolute atomic E-state index is 11.8. The second-order valence-corrected chi connectivity index (χ2v) is 6.56. The molecule has 1 amide bonds. The zero-order valence-corrected chi connectivity index (χ0v) is 13.1. The molecule has 0 aliphatic heterocycles. The van der Waals surface area contributed by atoms with Crippen LogP contribution < -0.4 is 16.2 Å². The highest BCUT2D eigenvalue weighted by molar-refractivity contribution is 7.89. The highest BCUT2D eigenvalue weighted by atomic mass is 32.2. The molecule has 5 N–H and O–H groups in total. The SMILES string of the molecule is Cc1ccc(NC(=O)CCCCCCN)cc1S(N)(=O)=O. The number of nitrogens with one attached hydrogen (secondary N) is 1. The van der Waals surface area contributed by atoms with Gasteiger partial charge in [0, 0.05) is 12.1 Å². The molecule has 1 aromatic carbocycles. The van der Waals surface area contributed by atoms with Crippen molar-refractivity contribution in [3.63, 3.8) is 0 Å². The van der Waals surface area contributed by atoms with Crippen LogP contribution in [0.25, 0.3) is 0 Å². The number of sulfonamides is 1. The van der Waals surface area contributed by atoms with Crippen LogP contribution >= 0.6 is 0 Å². The topological polar surface area (TPSA) is 115 Å². The molecule has 118 valence electrons. The number of nitrogens with two attached hydrogens (primary N) is 2. The molecule has 0 aromatic heterocycles. The van der Waals surface area contributed by atoms with Crippen molar-refractivity contribution in [2.24, 2.45) is 10.9 Å². The van der Waals surface area contributed by atoms with E-state index in [0.717, 1.165) is 25.7 Å².